The van der Waals surface area contributed by atoms with Crippen molar-refractivity contribution in [2.75, 3.05) is 0 Å². The predicted molar refractivity (Wildman–Crippen MR) is 73.2 cm³/mol. The molecule has 1 aliphatic carbocycles. The number of carboxylic acids is 1. The molecule has 0 aliphatic heterocycles. The van der Waals surface area contributed by atoms with E-state index in [2.05, 4.69) is 37.9 Å². The van der Waals surface area contributed by atoms with Crippen LogP contribution in [0.15, 0.2) is 29.8 Å². The summed E-state index contributed by atoms with van der Waals surface area (Å²) in [4.78, 5) is 9.91. The first-order chi connectivity index (χ1) is 8.02. The molecule has 2 rings (SSSR count). The van der Waals surface area contributed by atoms with Gasteiger partial charge >= 0.3 is 0 Å². The van der Waals surface area contributed by atoms with Gasteiger partial charge in [0.05, 0.1) is 15.6 Å². The quantitative estimate of drug-likeness (QED) is 0.778. The van der Waals surface area contributed by atoms with E-state index in [0.29, 0.717) is 0 Å². The number of benzene rings is 1. The van der Waals surface area contributed by atoms with Crippen molar-refractivity contribution in [2.45, 2.75) is 23.0 Å². The fraction of sp³-hybridized carbons (Fsp3) is 0.308. The molecule has 0 spiro atoms. The van der Waals surface area contributed by atoms with Crippen LogP contribution in [0.1, 0.15) is 18.1 Å². The molecular formula is C13H11Br2O2-. The molecule has 0 aromatic heterocycles. The molecule has 0 heterocycles. The molecule has 2 unspecified atom stereocenters. The van der Waals surface area contributed by atoms with E-state index < -0.39 is 10.8 Å². The van der Waals surface area contributed by atoms with E-state index >= 15 is 0 Å². The van der Waals surface area contributed by atoms with Crippen molar-refractivity contribution < 1.29 is 9.90 Å². The van der Waals surface area contributed by atoms with Crippen LogP contribution in [0.5, 0.6) is 0 Å². The Morgan fingerprint density at radius 3 is 2.65 bits per heavy atom. The van der Waals surface area contributed by atoms with Crippen LogP contribution in [0.3, 0.4) is 0 Å². The highest BCUT2D eigenvalue weighted by atomic mass is 79.9. The molecule has 17 heavy (non-hydrogen) atoms. The van der Waals surface area contributed by atoms with Gasteiger partial charge < -0.3 is 9.90 Å². The third kappa shape index (κ3) is 2.33. The third-order valence-electron chi connectivity index (χ3n) is 2.98. The molecule has 1 aliphatic rings. The number of allylic oxidation sites excluding steroid dienone is 2. The maximum absolute atomic E-state index is 10.9. The number of rotatable bonds is 3. The third-order valence-corrected chi connectivity index (χ3v) is 5.58. The van der Waals surface area contributed by atoms with E-state index in [1.807, 2.05) is 25.1 Å². The number of halogens is 2. The molecule has 1 aromatic carbocycles. The lowest BCUT2D eigenvalue weighted by molar-refractivity contribution is -0.304. The number of carbonyl (C=O) groups excluding carboxylic acids is 1. The summed E-state index contributed by atoms with van der Waals surface area (Å²) < 4.78 is 0. The monoisotopic (exact) mass is 357 g/mol. The van der Waals surface area contributed by atoms with Gasteiger partial charge in [0.25, 0.3) is 0 Å². The SMILES string of the molecule is CC1=C(C(Br)C(Br)C(=O)[O-])c2ccccc2C1. The van der Waals surface area contributed by atoms with E-state index in [1.165, 1.54) is 11.1 Å². The lowest BCUT2D eigenvalue weighted by atomic mass is 10.0. The van der Waals surface area contributed by atoms with Crippen molar-refractivity contribution in [3.63, 3.8) is 0 Å². The zero-order valence-corrected chi connectivity index (χ0v) is 12.4. The van der Waals surface area contributed by atoms with Crippen LogP contribution in [-0.2, 0) is 11.2 Å². The second-order valence-electron chi connectivity index (χ2n) is 4.15. The molecule has 1 aromatic rings. The van der Waals surface area contributed by atoms with Crippen molar-refractivity contribution >= 4 is 43.4 Å². The molecule has 2 nitrogen and oxygen atoms in total. The molecule has 90 valence electrons. The molecule has 2 atom stereocenters. The lowest BCUT2D eigenvalue weighted by Gasteiger charge is -2.20. The van der Waals surface area contributed by atoms with Crippen LogP contribution in [0.2, 0.25) is 0 Å². The van der Waals surface area contributed by atoms with Gasteiger partial charge in [-0.05, 0) is 30.0 Å². The number of carbonyl (C=O) groups is 1. The molecule has 0 radical (unpaired) electrons. The summed E-state index contributed by atoms with van der Waals surface area (Å²) in [5.74, 6) is -1.10. The summed E-state index contributed by atoms with van der Waals surface area (Å²) in [6, 6.07) is 8.08. The van der Waals surface area contributed by atoms with E-state index in [-0.39, 0.29) is 4.83 Å². The van der Waals surface area contributed by atoms with Crippen LogP contribution < -0.4 is 5.11 Å². The molecule has 4 heteroatoms. The normalized spacial score (nSPS) is 17.8. The Morgan fingerprint density at radius 2 is 2.00 bits per heavy atom. The number of aliphatic carboxylic acids is 1. The summed E-state index contributed by atoms with van der Waals surface area (Å²) in [6.07, 6.45) is 0.889. The number of carboxylic acid groups (broad SMARTS) is 1. The smallest absolute Gasteiger partial charge is 0.0707 e. The Balaban J connectivity index is 2.39. The number of hydrogen-bond donors (Lipinski definition) is 0. The van der Waals surface area contributed by atoms with Crippen LogP contribution in [-0.4, -0.2) is 15.6 Å². The van der Waals surface area contributed by atoms with Crippen molar-refractivity contribution in [1.29, 1.82) is 0 Å². The Hall–Kier alpha value is -0.610. The average Bonchev–Trinajstić information content (AvgIpc) is 2.62. The van der Waals surface area contributed by atoms with Crippen molar-refractivity contribution in [3.05, 3.63) is 41.0 Å². The van der Waals surface area contributed by atoms with Gasteiger partial charge in [0, 0.05) is 0 Å². The zero-order valence-electron chi connectivity index (χ0n) is 9.24. The maximum Gasteiger partial charge on any atom is 0.0707 e. The number of hydrogen-bond acceptors (Lipinski definition) is 2. The summed E-state index contributed by atoms with van der Waals surface area (Å²) >= 11 is 6.61. The fourth-order valence-electron chi connectivity index (χ4n) is 2.20. The minimum atomic E-state index is -1.10. The highest BCUT2D eigenvalue weighted by Gasteiger charge is 2.28. The minimum Gasteiger partial charge on any atom is -0.549 e. The molecule has 0 saturated heterocycles. The van der Waals surface area contributed by atoms with E-state index in [4.69, 9.17) is 0 Å². The Bertz CT molecular complexity index is 494. The summed E-state index contributed by atoms with van der Waals surface area (Å²) in [5, 5.41) is 10.9. The van der Waals surface area contributed by atoms with E-state index in [1.54, 1.807) is 0 Å². The predicted octanol–water partition coefficient (Wildman–Crippen LogP) is 2.29. The van der Waals surface area contributed by atoms with Gasteiger partial charge in [-0.3, -0.25) is 0 Å². The Labute approximate surface area is 117 Å². The van der Waals surface area contributed by atoms with Crippen LogP contribution in [0, 0.1) is 0 Å². The van der Waals surface area contributed by atoms with E-state index in [0.717, 1.165) is 17.6 Å². The van der Waals surface area contributed by atoms with Gasteiger partial charge in [-0.15, -0.1) is 0 Å². The maximum atomic E-state index is 10.9. The van der Waals surface area contributed by atoms with Gasteiger partial charge in [-0.2, -0.15) is 0 Å². The largest absolute Gasteiger partial charge is 0.549 e. The standard InChI is InChI=1S/C13H12Br2O2/c1-7-6-8-4-2-3-5-9(8)10(7)11(14)12(15)13(16)17/h2-5,11-12H,6H2,1H3,(H,16,17)/p-1. The Morgan fingerprint density at radius 1 is 1.35 bits per heavy atom. The molecular weight excluding hydrogens is 348 g/mol. The first kappa shape index (κ1) is 12.8. The van der Waals surface area contributed by atoms with Crippen LogP contribution in [0.25, 0.3) is 5.57 Å². The molecule has 0 fully saturated rings. The summed E-state index contributed by atoms with van der Waals surface area (Å²) in [5.41, 5.74) is 4.66. The average molecular weight is 359 g/mol. The van der Waals surface area contributed by atoms with Crippen molar-refractivity contribution in [2.24, 2.45) is 0 Å². The Kier molecular flexibility index (Phi) is 3.73. The van der Waals surface area contributed by atoms with Gasteiger partial charge in [-0.1, -0.05) is 61.7 Å². The van der Waals surface area contributed by atoms with Gasteiger partial charge in [0.2, 0.25) is 0 Å². The topological polar surface area (TPSA) is 40.1 Å². The summed E-state index contributed by atoms with van der Waals surface area (Å²) in [7, 11) is 0. The number of fused-ring (bicyclic) bond motifs is 1. The molecule has 0 saturated carbocycles. The number of alkyl halides is 2. The van der Waals surface area contributed by atoms with Gasteiger partial charge in [0.15, 0.2) is 0 Å². The van der Waals surface area contributed by atoms with Crippen LogP contribution in [0.4, 0.5) is 0 Å². The van der Waals surface area contributed by atoms with Crippen LogP contribution >= 0.6 is 31.9 Å². The van der Waals surface area contributed by atoms with Gasteiger partial charge in [-0.25, -0.2) is 0 Å². The first-order valence-electron chi connectivity index (χ1n) is 5.29. The van der Waals surface area contributed by atoms with Crippen molar-refractivity contribution in [3.8, 4) is 0 Å². The first-order valence-corrected chi connectivity index (χ1v) is 7.12. The highest BCUT2D eigenvalue weighted by molar-refractivity contribution is 9.12. The highest BCUT2D eigenvalue weighted by Crippen LogP contribution is 2.39. The molecule has 0 amide bonds. The second kappa shape index (κ2) is 4.94. The van der Waals surface area contributed by atoms with E-state index in [9.17, 15) is 9.90 Å². The lowest BCUT2D eigenvalue weighted by Crippen LogP contribution is -2.37. The molecule has 0 bridgehead atoms. The fourth-order valence-corrected chi connectivity index (χ4v) is 3.32. The van der Waals surface area contributed by atoms with Crippen molar-refractivity contribution in [1.82, 2.24) is 0 Å². The molecule has 0 N–H and O–H groups in total. The second-order valence-corrected chi connectivity index (χ2v) is 6.12. The van der Waals surface area contributed by atoms with Gasteiger partial charge in [0.1, 0.15) is 0 Å². The summed E-state index contributed by atoms with van der Waals surface area (Å²) in [6.45, 7) is 2.04. The minimum absolute atomic E-state index is 0.267. The zero-order chi connectivity index (χ0) is 12.6.